The van der Waals surface area contributed by atoms with E-state index in [-0.39, 0.29) is 11.7 Å². The second-order valence-electron chi connectivity index (χ2n) is 4.17. The molecule has 5 heteroatoms. The first kappa shape index (κ1) is 11.6. The lowest BCUT2D eigenvalue weighted by Crippen LogP contribution is -2.18. The van der Waals surface area contributed by atoms with Gasteiger partial charge in [-0.1, -0.05) is 11.6 Å². The van der Waals surface area contributed by atoms with Crippen molar-refractivity contribution in [1.82, 2.24) is 9.78 Å². The third-order valence-corrected chi connectivity index (χ3v) is 3.48. The fourth-order valence-corrected chi connectivity index (χ4v) is 2.20. The van der Waals surface area contributed by atoms with Gasteiger partial charge in [-0.3, -0.25) is 9.48 Å². The van der Waals surface area contributed by atoms with Gasteiger partial charge in [0, 0.05) is 19.6 Å². The molecule has 1 aromatic heterocycles. The first-order valence-corrected chi connectivity index (χ1v) is 5.76. The molecule has 1 aliphatic rings. The zero-order chi connectivity index (χ0) is 11.7. The van der Waals surface area contributed by atoms with E-state index >= 15 is 0 Å². The molecule has 0 aromatic carbocycles. The largest absolute Gasteiger partial charge is 0.381 e. The molecule has 0 aliphatic carbocycles. The minimum absolute atomic E-state index is 0.0336. The van der Waals surface area contributed by atoms with Crippen molar-refractivity contribution in [2.24, 2.45) is 13.0 Å². The topological polar surface area (TPSA) is 44.1 Å². The molecular formula is C11H15ClN2O2. The van der Waals surface area contributed by atoms with Gasteiger partial charge in [-0.05, 0) is 13.3 Å². The van der Waals surface area contributed by atoms with Crippen LogP contribution < -0.4 is 0 Å². The van der Waals surface area contributed by atoms with E-state index in [4.69, 9.17) is 16.3 Å². The SMILES string of the molecule is Cc1nn(C)c(CC(=O)C2CCOC2)c1Cl. The van der Waals surface area contributed by atoms with E-state index in [1.54, 1.807) is 4.68 Å². The first-order chi connectivity index (χ1) is 7.59. The number of ketones is 1. The molecule has 1 saturated heterocycles. The highest BCUT2D eigenvalue weighted by molar-refractivity contribution is 6.32. The van der Waals surface area contributed by atoms with Crippen molar-refractivity contribution < 1.29 is 9.53 Å². The lowest BCUT2D eigenvalue weighted by Gasteiger charge is -2.06. The summed E-state index contributed by atoms with van der Waals surface area (Å²) in [7, 11) is 1.81. The second-order valence-corrected chi connectivity index (χ2v) is 4.55. The molecule has 1 unspecified atom stereocenters. The summed E-state index contributed by atoms with van der Waals surface area (Å²) in [6, 6.07) is 0. The maximum Gasteiger partial charge on any atom is 0.144 e. The van der Waals surface area contributed by atoms with Gasteiger partial charge < -0.3 is 4.74 Å². The van der Waals surface area contributed by atoms with Crippen LogP contribution in [-0.2, 0) is 23.0 Å². The van der Waals surface area contributed by atoms with Crippen LogP contribution in [0.15, 0.2) is 0 Å². The Morgan fingerprint density at radius 3 is 2.94 bits per heavy atom. The molecule has 16 heavy (non-hydrogen) atoms. The number of hydrogen-bond donors (Lipinski definition) is 0. The summed E-state index contributed by atoms with van der Waals surface area (Å²) in [6.07, 6.45) is 1.18. The zero-order valence-corrected chi connectivity index (χ0v) is 10.3. The Bertz CT molecular complexity index is 408. The average molecular weight is 243 g/mol. The van der Waals surface area contributed by atoms with Crippen molar-refractivity contribution in [3.05, 3.63) is 16.4 Å². The molecule has 0 amide bonds. The van der Waals surface area contributed by atoms with E-state index < -0.39 is 0 Å². The predicted molar refractivity (Wildman–Crippen MR) is 60.6 cm³/mol. The highest BCUT2D eigenvalue weighted by Crippen LogP contribution is 2.22. The molecule has 1 fully saturated rings. The van der Waals surface area contributed by atoms with Crippen LogP contribution in [0.2, 0.25) is 5.02 Å². The van der Waals surface area contributed by atoms with E-state index in [1.165, 1.54) is 0 Å². The number of carbonyl (C=O) groups excluding carboxylic acids is 1. The minimum Gasteiger partial charge on any atom is -0.381 e. The Morgan fingerprint density at radius 2 is 2.44 bits per heavy atom. The van der Waals surface area contributed by atoms with Crippen molar-refractivity contribution in [3.8, 4) is 0 Å². The van der Waals surface area contributed by atoms with E-state index in [0.29, 0.717) is 24.7 Å². The molecule has 0 N–H and O–H groups in total. The number of nitrogens with zero attached hydrogens (tertiary/aromatic N) is 2. The highest BCUT2D eigenvalue weighted by atomic mass is 35.5. The zero-order valence-electron chi connectivity index (χ0n) is 9.49. The van der Waals surface area contributed by atoms with Gasteiger partial charge in [0.05, 0.1) is 29.4 Å². The number of Topliss-reactive ketones (excluding diaryl/α,β-unsaturated/α-hetero) is 1. The molecule has 0 bridgehead atoms. The fraction of sp³-hybridized carbons (Fsp3) is 0.636. The molecule has 2 rings (SSSR count). The molecule has 0 radical (unpaired) electrons. The van der Waals surface area contributed by atoms with Crippen molar-refractivity contribution in [1.29, 1.82) is 0 Å². The monoisotopic (exact) mass is 242 g/mol. The van der Waals surface area contributed by atoms with Crippen molar-refractivity contribution in [3.63, 3.8) is 0 Å². The summed E-state index contributed by atoms with van der Waals surface area (Å²) < 4.78 is 6.89. The van der Waals surface area contributed by atoms with Crippen LogP contribution in [0.5, 0.6) is 0 Å². The van der Waals surface area contributed by atoms with Crippen LogP contribution in [0.25, 0.3) is 0 Å². The van der Waals surface area contributed by atoms with Gasteiger partial charge in [0.15, 0.2) is 0 Å². The maximum atomic E-state index is 11.9. The summed E-state index contributed by atoms with van der Waals surface area (Å²) in [5.41, 5.74) is 1.57. The minimum atomic E-state index is 0.0336. The third kappa shape index (κ3) is 2.13. The lowest BCUT2D eigenvalue weighted by molar-refractivity contribution is -0.122. The number of halogens is 1. The van der Waals surface area contributed by atoms with Gasteiger partial charge in [-0.15, -0.1) is 0 Å². The normalized spacial score (nSPS) is 20.3. The Hall–Kier alpha value is -0.870. The summed E-state index contributed by atoms with van der Waals surface area (Å²) >= 11 is 6.10. The second kappa shape index (κ2) is 4.55. The van der Waals surface area contributed by atoms with E-state index in [1.807, 2.05) is 14.0 Å². The Kier molecular flexibility index (Phi) is 3.30. The van der Waals surface area contributed by atoms with Gasteiger partial charge in [-0.25, -0.2) is 0 Å². The number of carbonyl (C=O) groups is 1. The molecule has 0 saturated carbocycles. The molecule has 1 atom stereocenters. The Balaban J connectivity index is 2.11. The third-order valence-electron chi connectivity index (χ3n) is 2.99. The summed E-state index contributed by atoms with van der Waals surface area (Å²) in [5, 5.41) is 4.80. The summed E-state index contributed by atoms with van der Waals surface area (Å²) in [6.45, 7) is 3.08. The summed E-state index contributed by atoms with van der Waals surface area (Å²) in [4.78, 5) is 11.9. The first-order valence-electron chi connectivity index (χ1n) is 5.38. The van der Waals surface area contributed by atoms with Gasteiger partial charge in [0.1, 0.15) is 5.78 Å². The van der Waals surface area contributed by atoms with Gasteiger partial charge >= 0.3 is 0 Å². The van der Waals surface area contributed by atoms with Crippen LogP contribution >= 0.6 is 11.6 Å². The number of ether oxygens (including phenoxy) is 1. The molecule has 1 aliphatic heterocycles. The van der Waals surface area contributed by atoms with Gasteiger partial charge in [-0.2, -0.15) is 5.10 Å². The Morgan fingerprint density at radius 1 is 1.69 bits per heavy atom. The molecule has 0 spiro atoms. The predicted octanol–water partition coefficient (Wildman–Crippen LogP) is 1.53. The van der Waals surface area contributed by atoms with Crippen LogP contribution in [0.1, 0.15) is 17.8 Å². The van der Waals surface area contributed by atoms with Crippen LogP contribution in [-0.4, -0.2) is 28.8 Å². The maximum absolute atomic E-state index is 11.9. The smallest absolute Gasteiger partial charge is 0.144 e. The number of hydrogen-bond acceptors (Lipinski definition) is 3. The van der Waals surface area contributed by atoms with Crippen molar-refractivity contribution >= 4 is 17.4 Å². The van der Waals surface area contributed by atoms with E-state index in [2.05, 4.69) is 5.10 Å². The standard InChI is InChI=1S/C11H15ClN2O2/c1-7-11(12)9(14(2)13-7)5-10(15)8-3-4-16-6-8/h8H,3-6H2,1-2H3. The number of rotatable bonds is 3. The molecule has 1 aromatic rings. The Labute approximate surface area is 99.5 Å². The van der Waals surface area contributed by atoms with E-state index in [9.17, 15) is 4.79 Å². The highest BCUT2D eigenvalue weighted by Gasteiger charge is 2.25. The van der Waals surface area contributed by atoms with Crippen molar-refractivity contribution in [2.45, 2.75) is 19.8 Å². The van der Waals surface area contributed by atoms with Crippen LogP contribution in [0.3, 0.4) is 0 Å². The van der Waals surface area contributed by atoms with Gasteiger partial charge in [0.2, 0.25) is 0 Å². The molecular weight excluding hydrogens is 228 g/mol. The molecule has 2 heterocycles. The number of aromatic nitrogens is 2. The van der Waals surface area contributed by atoms with Crippen LogP contribution in [0, 0.1) is 12.8 Å². The molecule has 4 nitrogen and oxygen atoms in total. The average Bonchev–Trinajstić information content (AvgIpc) is 2.83. The summed E-state index contributed by atoms with van der Waals surface area (Å²) in [5.74, 6) is 0.230. The lowest BCUT2D eigenvalue weighted by atomic mass is 9.99. The molecule has 88 valence electrons. The fourth-order valence-electron chi connectivity index (χ4n) is 1.97. The van der Waals surface area contributed by atoms with Gasteiger partial charge in [0.25, 0.3) is 0 Å². The van der Waals surface area contributed by atoms with Crippen molar-refractivity contribution in [2.75, 3.05) is 13.2 Å². The van der Waals surface area contributed by atoms with E-state index in [0.717, 1.165) is 17.8 Å². The quantitative estimate of drug-likeness (QED) is 0.808. The number of aryl methyl sites for hydroxylation is 2. The van der Waals surface area contributed by atoms with Crippen LogP contribution in [0.4, 0.5) is 0 Å².